The van der Waals surface area contributed by atoms with Gasteiger partial charge in [-0.2, -0.15) is 0 Å². The summed E-state index contributed by atoms with van der Waals surface area (Å²) in [6.07, 6.45) is 0. The molecule has 0 fully saturated rings. The fourth-order valence-electron chi connectivity index (χ4n) is 2.28. The Morgan fingerprint density at radius 2 is 1.92 bits per heavy atom. The molecule has 6 heteroatoms. The van der Waals surface area contributed by atoms with Gasteiger partial charge in [0.25, 0.3) is 5.91 Å². The summed E-state index contributed by atoms with van der Waals surface area (Å²) in [5, 5.41) is 4.12. The Labute approximate surface area is 142 Å². The van der Waals surface area contributed by atoms with E-state index in [2.05, 4.69) is 5.32 Å². The van der Waals surface area contributed by atoms with Crippen LogP contribution < -0.4 is 15.7 Å². The van der Waals surface area contributed by atoms with E-state index in [0.29, 0.717) is 22.0 Å². The van der Waals surface area contributed by atoms with Crippen molar-refractivity contribution < 1.29 is 13.9 Å². The first-order valence-electron chi connectivity index (χ1n) is 7.24. The molecule has 0 saturated heterocycles. The zero-order valence-corrected chi connectivity index (χ0v) is 13.6. The minimum absolute atomic E-state index is 0.141. The van der Waals surface area contributed by atoms with E-state index in [1.807, 2.05) is 6.92 Å². The third-order valence-corrected chi connectivity index (χ3v) is 3.67. The molecular formula is C18H14ClNO4. The van der Waals surface area contributed by atoms with E-state index in [-0.39, 0.29) is 12.5 Å². The number of carbonyl (C=O) groups excluding carboxylic acids is 1. The Bertz CT molecular complexity index is 947. The fourth-order valence-corrected chi connectivity index (χ4v) is 2.41. The quantitative estimate of drug-likeness (QED) is 0.732. The molecule has 1 heterocycles. The van der Waals surface area contributed by atoms with Gasteiger partial charge in [-0.15, -0.1) is 0 Å². The monoisotopic (exact) mass is 343 g/mol. The van der Waals surface area contributed by atoms with Gasteiger partial charge in [-0.1, -0.05) is 11.6 Å². The van der Waals surface area contributed by atoms with E-state index in [9.17, 15) is 9.59 Å². The molecule has 0 atom stereocenters. The van der Waals surface area contributed by atoms with Gasteiger partial charge in [0, 0.05) is 28.2 Å². The molecule has 0 saturated carbocycles. The van der Waals surface area contributed by atoms with Gasteiger partial charge in [-0.25, -0.2) is 4.79 Å². The minimum Gasteiger partial charge on any atom is -0.484 e. The minimum atomic E-state index is -0.422. The van der Waals surface area contributed by atoms with Gasteiger partial charge in [0.2, 0.25) is 0 Å². The molecule has 0 spiro atoms. The largest absolute Gasteiger partial charge is 0.484 e. The fraction of sp³-hybridized carbons (Fsp3) is 0.111. The summed E-state index contributed by atoms with van der Waals surface area (Å²) in [6, 6.07) is 13.3. The molecule has 0 radical (unpaired) electrons. The second-order valence-corrected chi connectivity index (χ2v) is 5.69. The number of hydrogen-bond donors (Lipinski definition) is 1. The summed E-state index contributed by atoms with van der Waals surface area (Å²) in [5.74, 6) is 0.231. The number of nitrogens with one attached hydrogen (secondary N) is 1. The van der Waals surface area contributed by atoms with Crippen LogP contribution in [0.5, 0.6) is 5.75 Å². The van der Waals surface area contributed by atoms with Crippen molar-refractivity contribution in [3.8, 4) is 5.75 Å². The van der Waals surface area contributed by atoms with Crippen molar-refractivity contribution in [1.82, 2.24) is 0 Å². The molecule has 24 heavy (non-hydrogen) atoms. The van der Waals surface area contributed by atoms with Gasteiger partial charge in [-0.05, 0) is 48.9 Å². The third kappa shape index (κ3) is 3.75. The number of anilines is 1. The van der Waals surface area contributed by atoms with Crippen molar-refractivity contribution in [3.05, 3.63) is 69.5 Å². The number of hydrogen-bond acceptors (Lipinski definition) is 4. The van der Waals surface area contributed by atoms with Gasteiger partial charge in [0.05, 0.1) is 0 Å². The summed E-state index contributed by atoms with van der Waals surface area (Å²) >= 11 is 5.79. The van der Waals surface area contributed by atoms with Crippen LogP contribution in [0, 0.1) is 6.92 Å². The number of carbonyl (C=O) groups is 1. The van der Waals surface area contributed by atoms with Crippen molar-refractivity contribution in [1.29, 1.82) is 0 Å². The second-order valence-electron chi connectivity index (χ2n) is 5.25. The zero-order chi connectivity index (χ0) is 17.1. The average molecular weight is 344 g/mol. The lowest BCUT2D eigenvalue weighted by atomic mass is 10.1. The Morgan fingerprint density at radius 3 is 2.67 bits per heavy atom. The predicted molar refractivity (Wildman–Crippen MR) is 92.8 cm³/mol. The second kappa shape index (κ2) is 6.76. The number of rotatable bonds is 4. The summed E-state index contributed by atoms with van der Waals surface area (Å²) in [6.45, 7) is 1.69. The van der Waals surface area contributed by atoms with Crippen LogP contribution >= 0.6 is 11.6 Å². The molecule has 122 valence electrons. The molecule has 1 amide bonds. The highest BCUT2D eigenvalue weighted by atomic mass is 35.5. The molecule has 2 aromatic carbocycles. The first-order valence-corrected chi connectivity index (χ1v) is 7.62. The SMILES string of the molecule is Cc1cc(=O)oc2cc(NC(=O)COc3ccc(Cl)cc3)ccc12. The molecule has 0 aliphatic carbocycles. The number of aryl methyl sites for hydroxylation is 1. The maximum Gasteiger partial charge on any atom is 0.336 e. The van der Waals surface area contributed by atoms with Crippen molar-refractivity contribution >= 4 is 34.2 Å². The van der Waals surface area contributed by atoms with E-state index >= 15 is 0 Å². The van der Waals surface area contributed by atoms with E-state index in [0.717, 1.165) is 10.9 Å². The number of benzene rings is 2. The Hall–Kier alpha value is -2.79. The summed E-state index contributed by atoms with van der Waals surface area (Å²) in [5.41, 5.74) is 1.36. The molecule has 1 aromatic heterocycles. The van der Waals surface area contributed by atoms with Crippen LogP contribution in [0.3, 0.4) is 0 Å². The van der Waals surface area contributed by atoms with Crippen LogP contribution in [-0.2, 0) is 4.79 Å². The van der Waals surface area contributed by atoms with Crippen LogP contribution in [0.4, 0.5) is 5.69 Å². The highest BCUT2D eigenvalue weighted by Crippen LogP contribution is 2.21. The van der Waals surface area contributed by atoms with E-state index in [1.165, 1.54) is 6.07 Å². The summed E-state index contributed by atoms with van der Waals surface area (Å²) in [7, 11) is 0. The molecule has 0 unspecified atom stereocenters. The smallest absolute Gasteiger partial charge is 0.336 e. The van der Waals surface area contributed by atoms with Gasteiger partial charge in [0.1, 0.15) is 11.3 Å². The molecule has 3 aromatic rings. The first-order chi connectivity index (χ1) is 11.5. The van der Waals surface area contributed by atoms with Crippen LogP contribution in [-0.4, -0.2) is 12.5 Å². The van der Waals surface area contributed by atoms with E-state index < -0.39 is 5.63 Å². The number of amides is 1. The lowest BCUT2D eigenvalue weighted by Crippen LogP contribution is -2.20. The van der Waals surface area contributed by atoms with Gasteiger partial charge < -0.3 is 14.5 Å². The third-order valence-electron chi connectivity index (χ3n) is 3.42. The predicted octanol–water partition coefficient (Wildman–Crippen LogP) is 3.77. The molecule has 3 rings (SSSR count). The lowest BCUT2D eigenvalue weighted by Gasteiger charge is -2.08. The normalized spacial score (nSPS) is 10.6. The van der Waals surface area contributed by atoms with Crippen LogP contribution in [0.25, 0.3) is 11.0 Å². The lowest BCUT2D eigenvalue weighted by molar-refractivity contribution is -0.118. The Balaban J connectivity index is 1.69. The molecular weight excluding hydrogens is 330 g/mol. The topological polar surface area (TPSA) is 68.5 Å². The van der Waals surface area contributed by atoms with Gasteiger partial charge in [0.15, 0.2) is 6.61 Å². The highest BCUT2D eigenvalue weighted by Gasteiger charge is 2.07. The van der Waals surface area contributed by atoms with Gasteiger partial charge in [-0.3, -0.25) is 4.79 Å². The summed E-state index contributed by atoms with van der Waals surface area (Å²) in [4.78, 5) is 23.4. The molecule has 0 bridgehead atoms. The molecule has 0 aliphatic rings. The maximum absolute atomic E-state index is 12.0. The van der Waals surface area contributed by atoms with Crippen LogP contribution in [0.1, 0.15) is 5.56 Å². The van der Waals surface area contributed by atoms with Crippen molar-refractivity contribution in [2.45, 2.75) is 6.92 Å². The van der Waals surface area contributed by atoms with E-state index in [1.54, 1.807) is 42.5 Å². The van der Waals surface area contributed by atoms with Crippen LogP contribution in [0.15, 0.2) is 57.7 Å². The Kier molecular flexibility index (Phi) is 4.53. The highest BCUT2D eigenvalue weighted by molar-refractivity contribution is 6.30. The van der Waals surface area contributed by atoms with Gasteiger partial charge >= 0.3 is 5.63 Å². The molecule has 0 aliphatic heterocycles. The van der Waals surface area contributed by atoms with Crippen molar-refractivity contribution in [2.24, 2.45) is 0 Å². The standard InChI is InChI=1S/C18H14ClNO4/c1-11-8-18(22)24-16-9-13(4-7-15(11)16)20-17(21)10-23-14-5-2-12(19)3-6-14/h2-9H,10H2,1H3,(H,20,21). The molecule has 5 nitrogen and oxygen atoms in total. The van der Waals surface area contributed by atoms with Crippen LogP contribution in [0.2, 0.25) is 5.02 Å². The number of ether oxygens (including phenoxy) is 1. The average Bonchev–Trinajstić information content (AvgIpc) is 2.54. The zero-order valence-electron chi connectivity index (χ0n) is 12.8. The van der Waals surface area contributed by atoms with E-state index in [4.69, 9.17) is 20.8 Å². The first kappa shape index (κ1) is 16.1. The number of fused-ring (bicyclic) bond motifs is 1. The summed E-state index contributed by atoms with van der Waals surface area (Å²) < 4.78 is 10.5. The maximum atomic E-state index is 12.0. The number of halogens is 1. The Morgan fingerprint density at radius 1 is 1.17 bits per heavy atom. The van der Waals surface area contributed by atoms with Crippen molar-refractivity contribution in [2.75, 3.05) is 11.9 Å². The molecule has 1 N–H and O–H groups in total. The van der Waals surface area contributed by atoms with Crippen molar-refractivity contribution in [3.63, 3.8) is 0 Å².